The largest absolute Gasteiger partial charge is 0.465 e. The van der Waals surface area contributed by atoms with Gasteiger partial charge in [0.1, 0.15) is 10.7 Å². The highest BCUT2D eigenvalue weighted by Gasteiger charge is 2.16. The highest BCUT2D eigenvalue weighted by molar-refractivity contribution is 6.30. The molecule has 2 heterocycles. The summed E-state index contributed by atoms with van der Waals surface area (Å²) in [7, 11) is 1.34. The summed E-state index contributed by atoms with van der Waals surface area (Å²) in [6.45, 7) is 1.89. The molecule has 0 saturated heterocycles. The first-order valence-electron chi connectivity index (χ1n) is 5.02. The zero-order valence-electron chi connectivity index (χ0n) is 9.48. The molecule has 0 amide bonds. The molecule has 5 heteroatoms. The van der Waals surface area contributed by atoms with Crippen molar-refractivity contribution in [2.45, 2.75) is 6.92 Å². The molecule has 0 aliphatic carbocycles. The number of hydrogen-bond donors (Lipinski definition) is 0. The summed E-state index contributed by atoms with van der Waals surface area (Å²) < 4.78 is 6.42. The lowest BCUT2D eigenvalue weighted by Crippen LogP contribution is -2.10. The summed E-state index contributed by atoms with van der Waals surface area (Å²) in [5.74, 6) is 0.0455. The van der Waals surface area contributed by atoms with Gasteiger partial charge in [0.05, 0.1) is 7.11 Å². The van der Waals surface area contributed by atoms with Gasteiger partial charge in [-0.25, -0.2) is 9.78 Å². The number of nitrogens with zero attached hydrogens (tertiary/aromatic N) is 2. The lowest BCUT2D eigenvalue weighted by atomic mass is 10.2. The molecule has 0 aromatic carbocycles. The molecule has 0 atom stereocenters. The zero-order valence-corrected chi connectivity index (χ0v) is 10.2. The Hall–Kier alpha value is -1.81. The average molecular weight is 251 g/mol. The van der Waals surface area contributed by atoms with Crippen molar-refractivity contribution in [2.75, 3.05) is 7.11 Å². The molecule has 0 N–H and O–H groups in total. The fourth-order valence-electron chi connectivity index (χ4n) is 1.62. The Kier molecular flexibility index (Phi) is 3.15. The second-order valence-corrected chi connectivity index (χ2v) is 3.89. The fraction of sp³-hybridized carbons (Fsp3) is 0.167. The van der Waals surface area contributed by atoms with Crippen LogP contribution in [-0.4, -0.2) is 22.6 Å². The van der Waals surface area contributed by atoms with Crippen LogP contribution in [-0.2, 0) is 4.74 Å². The number of carbonyl (C=O) groups excluding carboxylic acids is 1. The summed E-state index contributed by atoms with van der Waals surface area (Å²) in [4.78, 5) is 15.8. The first kappa shape index (κ1) is 11.7. The molecule has 0 aliphatic heterocycles. The van der Waals surface area contributed by atoms with Crippen molar-refractivity contribution in [1.82, 2.24) is 9.55 Å². The Labute approximate surface area is 104 Å². The summed E-state index contributed by atoms with van der Waals surface area (Å²) in [5.41, 5.74) is 1.29. The van der Waals surface area contributed by atoms with E-state index >= 15 is 0 Å². The van der Waals surface area contributed by atoms with Crippen LogP contribution in [0.25, 0.3) is 5.82 Å². The van der Waals surface area contributed by atoms with E-state index in [9.17, 15) is 4.79 Å². The minimum absolute atomic E-state index is 0.385. The van der Waals surface area contributed by atoms with Crippen molar-refractivity contribution in [2.24, 2.45) is 0 Å². The van der Waals surface area contributed by atoms with E-state index < -0.39 is 5.97 Å². The van der Waals surface area contributed by atoms with E-state index in [-0.39, 0.29) is 0 Å². The van der Waals surface area contributed by atoms with Gasteiger partial charge in [0.25, 0.3) is 0 Å². The Morgan fingerprint density at radius 2 is 2.18 bits per heavy atom. The van der Waals surface area contributed by atoms with E-state index in [0.717, 1.165) is 5.69 Å². The van der Waals surface area contributed by atoms with Gasteiger partial charge in [-0.1, -0.05) is 11.6 Å². The molecule has 0 unspecified atom stereocenters. The molecule has 2 aromatic rings. The van der Waals surface area contributed by atoms with E-state index in [1.807, 2.05) is 13.0 Å². The number of carbonyl (C=O) groups is 1. The Bertz CT molecular complexity index is 544. The Morgan fingerprint density at radius 1 is 1.41 bits per heavy atom. The molecular formula is C12H11ClN2O2. The van der Waals surface area contributed by atoms with Crippen LogP contribution in [0.1, 0.15) is 16.1 Å². The van der Waals surface area contributed by atoms with Crippen molar-refractivity contribution in [1.29, 1.82) is 0 Å². The molecule has 17 heavy (non-hydrogen) atoms. The van der Waals surface area contributed by atoms with Crippen LogP contribution in [0.4, 0.5) is 0 Å². The first-order valence-corrected chi connectivity index (χ1v) is 5.40. The van der Waals surface area contributed by atoms with Crippen molar-refractivity contribution in [3.8, 4) is 5.82 Å². The van der Waals surface area contributed by atoms with Gasteiger partial charge in [0, 0.05) is 11.9 Å². The normalized spacial score (nSPS) is 10.3. The number of halogens is 1. The molecule has 0 bridgehead atoms. The maximum atomic E-state index is 11.6. The second kappa shape index (κ2) is 4.59. The van der Waals surface area contributed by atoms with Gasteiger partial charge in [-0.2, -0.15) is 0 Å². The van der Waals surface area contributed by atoms with E-state index in [1.165, 1.54) is 7.11 Å². The molecule has 0 saturated carbocycles. The summed E-state index contributed by atoms with van der Waals surface area (Å²) in [6.07, 6.45) is 1.61. The summed E-state index contributed by atoms with van der Waals surface area (Å²) in [5, 5.41) is 0.506. The van der Waals surface area contributed by atoms with E-state index in [1.54, 1.807) is 29.0 Å². The van der Waals surface area contributed by atoms with Gasteiger partial charge in [0.2, 0.25) is 0 Å². The van der Waals surface area contributed by atoms with Crippen molar-refractivity contribution in [3.63, 3.8) is 0 Å². The van der Waals surface area contributed by atoms with E-state index in [2.05, 4.69) is 4.98 Å². The summed E-state index contributed by atoms with van der Waals surface area (Å²) in [6, 6.07) is 6.96. The number of rotatable bonds is 2. The monoisotopic (exact) mass is 250 g/mol. The van der Waals surface area contributed by atoms with Crippen LogP contribution < -0.4 is 0 Å². The second-order valence-electron chi connectivity index (χ2n) is 3.50. The number of esters is 1. The minimum atomic E-state index is -0.433. The standard InChI is InChI=1S/C12H11ClN2O2/c1-8-5-6-10(13)15(8)11-9(12(16)17-2)4-3-7-14-11/h3-7H,1-2H3. The van der Waals surface area contributed by atoms with Gasteiger partial charge in [-0.15, -0.1) is 0 Å². The third-order valence-corrected chi connectivity index (χ3v) is 2.73. The quantitative estimate of drug-likeness (QED) is 0.770. The lowest BCUT2D eigenvalue weighted by Gasteiger charge is -2.10. The fourth-order valence-corrected chi connectivity index (χ4v) is 1.90. The smallest absolute Gasteiger partial charge is 0.341 e. The number of methoxy groups -OCH3 is 1. The molecule has 2 rings (SSSR count). The van der Waals surface area contributed by atoms with Crippen LogP contribution in [0.2, 0.25) is 5.15 Å². The third kappa shape index (κ3) is 2.03. The van der Waals surface area contributed by atoms with Gasteiger partial charge in [0.15, 0.2) is 5.82 Å². The molecule has 0 aliphatic rings. The predicted octanol–water partition coefficient (Wildman–Crippen LogP) is 2.62. The number of pyridine rings is 1. The summed E-state index contributed by atoms with van der Waals surface area (Å²) >= 11 is 6.07. The molecule has 4 nitrogen and oxygen atoms in total. The maximum absolute atomic E-state index is 11.6. The van der Waals surface area contributed by atoms with Gasteiger partial charge >= 0.3 is 5.97 Å². The Morgan fingerprint density at radius 3 is 2.76 bits per heavy atom. The van der Waals surface area contributed by atoms with Crippen LogP contribution in [0.5, 0.6) is 0 Å². The van der Waals surface area contributed by atoms with E-state index in [4.69, 9.17) is 16.3 Å². The average Bonchev–Trinajstić information content (AvgIpc) is 2.68. The van der Waals surface area contributed by atoms with Crippen molar-refractivity contribution < 1.29 is 9.53 Å². The molecule has 0 radical (unpaired) electrons. The lowest BCUT2D eigenvalue weighted by molar-refractivity contribution is 0.0600. The van der Waals surface area contributed by atoms with Crippen LogP contribution in [0.3, 0.4) is 0 Å². The molecule has 88 valence electrons. The van der Waals surface area contributed by atoms with Crippen LogP contribution >= 0.6 is 11.6 Å². The van der Waals surface area contributed by atoms with Gasteiger partial charge < -0.3 is 4.74 Å². The predicted molar refractivity (Wildman–Crippen MR) is 64.7 cm³/mol. The Balaban J connectivity index is 2.64. The SMILES string of the molecule is COC(=O)c1cccnc1-n1c(C)ccc1Cl. The highest BCUT2D eigenvalue weighted by Crippen LogP contribution is 2.22. The zero-order chi connectivity index (χ0) is 12.4. The van der Waals surface area contributed by atoms with Gasteiger partial charge in [-0.05, 0) is 31.2 Å². The third-order valence-electron chi connectivity index (χ3n) is 2.43. The van der Waals surface area contributed by atoms with Gasteiger partial charge in [-0.3, -0.25) is 4.57 Å². The number of ether oxygens (including phenoxy) is 1. The number of aromatic nitrogens is 2. The van der Waals surface area contributed by atoms with Crippen molar-refractivity contribution >= 4 is 17.6 Å². The van der Waals surface area contributed by atoms with Crippen molar-refractivity contribution in [3.05, 3.63) is 46.9 Å². The van der Waals surface area contributed by atoms with Crippen LogP contribution in [0, 0.1) is 6.92 Å². The van der Waals surface area contributed by atoms with Crippen LogP contribution in [0.15, 0.2) is 30.5 Å². The maximum Gasteiger partial charge on any atom is 0.341 e. The minimum Gasteiger partial charge on any atom is -0.465 e. The number of aryl methyl sites for hydroxylation is 1. The molecule has 0 spiro atoms. The molecule has 2 aromatic heterocycles. The molecular weight excluding hydrogens is 240 g/mol. The molecule has 0 fully saturated rings. The number of hydrogen-bond acceptors (Lipinski definition) is 3. The van der Waals surface area contributed by atoms with E-state index in [0.29, 0.717) is 16.5 Å². The topological polar surface area (TPSA) is 44.1 Å². The first-order chi connectivity index (χ1) is 8.15. The highest BCUT2D eigenvalue weighted by atomic mass is 35.5.